The fraction of sp³-hybridized carbons (Fsp3) is 0.217. The van der Waals surface area contributed by atoms with E-state index < -0.39 is 0 Å². The summed E-state index contributed by atoms with van der Waals surface area (Å²) in [4.78, 5) is 11.4. The number of anilines is 4. The molecule has 1 atom stereocenters. The van der Waals surface area contributed by atoms with E-state index in [0.29, 0.717) is 11.9 Å². The molecule has 0 saturated heterocycles. The van der Waals surface area contributed by atoms with E-state index in [2.05, 4.69) is 57.0 Å². The maximum atomic E-state index is 4.79. The first kappa shape index (κ1) is 21.6. The molecule has 1 aromatic heterocycles. The van der Waals surface area contributed by atoms with Crippen LogP contribution in [0.4, 0.5) is 23.1 Å². The van der Waals surface area contributed by atoms with Crippen molar-refractivity contribution in [1.82, 2.24) is 9.97 Å². The predicted molar refractivity (Wildman–Crippen MR) is 126 cm³/mol. The highest BCUT2D eigenvalue weighted by Gasteiger charge is 2.15. The van der Waals surface area contributed by atoms with Crippen molar-refractivity contribution in [2.24, 2.45) is 0 Å². The van der Waals surface area contributed by atoms with Crippen molar-refractivity contribution in [2.45, 2.75) is 26.7 Å². The first-order valence-corrected chi connectivity index (χ1v) is 9.89. The van der Waals surface area contributed by atoms with Gasteiger partial charge < -0.3 is 10.2 Å². The average molecular weight is 392 g/mol. The van der Waals surface area contributed by atoms with Gasteiger partial charge in [0, 0.05) is 30.2 Å². The Bertz CT molecular complexity index is 894. The fourth-order valence-electron chi connectivity index (χ4n) is 2.64. The van der Waals surface area contributed by atoms with E-state index in [4.69, 9.17) is 4.98 Å². The van der Waals surface area contributed by atoms with Crippen molar-refractivity contribution in [3.05, 3.63) is 79.0 Å². The summed E-state index contributed by atoms with van der Waals surface area (Å²) in [7, 11) is 4.74. The molecule has 1 N–H and O–H groups in total. The topological polar surface area (TPSA) is 41.1 Å². The molecule has 0 aliphatic carbocycles. The average Bonchev–Trinajstić information content (AvgIpc) is 2.68. The molecule has 2 aromatic carbocycles. The molecule has 1 heterocycles. The zero-order valence-electron chi connectivity index (χ0n) is 17.1. The molecule has 3 aromatic rings. The molecule has 0 spiro atoms. The van der Waals surface area contributed by atoms with Gasteiger partial charge in [0.15, 0.2) is 0 Å². The van der Waals surface area contributed by atoms with E-state index in [1.807, 2.05) is 62.6 Å². The van der Waals surface area contributed by atoms with Crippen LogP contribution in [0, 0.1) is 0 Å². The Morgan fingerprint density at radius 1 is 1.11 bits per heavy atom. The van der Waals surface area contributed by atoms with Gasteiger partial charge in [0.1, 0.15) is 5.82 Å². The minimum atomic E-state index is 0.339. The summed E-state index contributed by atoms with van der Waals surface area (Å²) in [5, 5.41) is 4.41. The van der Waals surface area contributed by atoms with Gasteiger partial charge in [-0.3, -0.25) is 0 Å². The first-order valence-electron chi connectivity index (χ1n) is 9.31. The summed E-state index contributed by atoms with van der Waals surface area (Å²) in [6.45, 7) is 9.57. The second-order valence-electron chi connectivity index (χ2n) is 6.68. The summed E-state index contributed by atoms with van der Waals surface area (Å²) >= 11 is 0. The van der Waals surface area contributed by atoms with E-state index in [9.17, 15) is 0 Å². The number of rotatable bonds is 5. The van der Waals surface area contributed by atoms with Crippen molar-refractivity contribution in [3.8, 4) is 0 Å². The van der Waals surface area contributed by atoms with E-state index in [-0.39, 0.29) is 0 Å². The standard InChI is InChI=1S/C20H23N4P.C3H6/c1-14(2)18-13-21-20(22-15-8-7-11-17(25)12-15)23-19(18)24(3)16-9-5-4-6-10-16;1-3-2/h4-14H,25H2,1-3H3,(H,21,22,23);3H,1H2,2H3. The van der Waals surface area contributed by atoms with Gasteiger partial charge in [-0.25, -0.2) is 4.98 Å². The van der Waals surface area contributed by atoms with E-state index in [1.165, 1.54) is 0 Å². The summed E-state index contributed by atoms with van der Waals surface area (Å²) in [5.74, 6) is 1.85. The van der Waals surface area contributed by atoms with Crippen LogP contribution in [0.5, 0.6) is 0 Å². The Balaban J connectivity index is 0.000000878. The van der Waals surface area contributed by atoms with Crippen LogP contribution in [-0.2, 0) is 0 Å². The lowest BCUT2D eigenvalue weighted by Crippen LogP contribution is -2.15. The summed E-state index contributed by atoms with van der Waals surface area (Å²) in [5.41, 5.74) is 3.19. The second kappa shape index (κ2) is 10.6. The van der Waals surface area contributed by atoms with Gasteiger partial charge in [-0.15, -0.1) is 15.8 Å². The first-order chi connectivity index (χ1) is 13.5. The quantitative estimate of drug-likeness (QED) is 0.440. The molecule has 28 heavy (non-hydrogen) atoms. The van der Waals surface area contributed by atoms with Gasteiger partial charge in [-0.05, 0) is 42.4 Å². The molecule has 0 aliphatic rings. The van der Waals surface area contributed by atoms with Crippen LogP contribution < -0.4 is 15.5 Å². The minimum Gasteiger partial charge on any atom is -0.329 e. The van der Waals surface area contributed by atoms with E-state index in [1.54, 1.807) is 6.08 Å². The molecule has 4 nitrogen and oxygen atoms in total. The largest absolute Gasteiger partial charge is 0.329 e. The molecule has 146 valence electrons. The van der Waals surface area contributed by atoms with Crippen molar-refractivity contribution >= 4 is 37.7 Å². The molecule has 3 rings (SSSR count). The van der Waals surface area contributed by atoms with Crippen molar-refractivity contribution in [3.63, 3.8) is 0 Å². The number of para-hydroxylation sites is 1. The van der Waals surface area contributed by atoms with Crippen LogP contribution in [0.1, 0.15) is 32.3 Å². The Morgan fingerprint density at radius 3 is 2.39 bits per heavy atom. The fourth-order valence-corrected chi connectivity index (χ4v) is 2.93. The third-order valence-corrected chi connectivity index (χ3v) is 4.38. The monoisotopic (exact) mass is 392 g/mol. The molecular formula is C23H29N4P. The number of nitrogens with zero attached hydrogens (tertiary/aromatic N) is 3. The second-order valence-corrected chi connectivity index (χ2v) is 7.35. The van der Waals surface area contributed by atoms with E-state index >= 15 is 0 Å². The highest BCUT2D eigenvalue weighted by Crippen LogP contribution is 2.30. The van der Waals surface area contributed by atoms with Crippen LogP contribution in [0.15, 0.2) is 73.4 Å². The zero-order valence-corrected chi connectivity index (χ0v) is 18.2. The van der Waals surface area contributed by atoms with Crippen molar-refractivity contribution in [1.29, 1.82) is 0 Å². The van der Waals surface area contributed by atoms with Crippen LogP contribution in [0.3, 0.4) is 0 Å². The summed E-state index contributed by atoms with van der Waals surface area (Å²) in [6, 6.07) is 18.3. The van der Waals surface area contributed by atoms with Gasteiger partial charge in [0.2, 0.25) is 5.95 Å². The molecule has 0 amide bonds. The molecule has 0 bridgehead atoms. The third-order valence-electron chi connectivity index (χ3n) is 4.02. The van der Waals surface area contributed by atoms with Crippen molar-refractivity contribution in [2.75, 3.05) is 17.3 Å². The molecule has 1 unspecified atom stereocenters. The number of benzene rings is 2. The number of nitrogens with one attached hydrogen (secondary N) is 1. The van der Waals surface area contributed by atoms with Gasteiger partial charge in [-0.2, -0.15) is 4.98 Å². The number of hydrogen-bond donors (Lipinski definition) is 1. The summed E-state index contributed by atoms with van der Waals surface area (Å²) in [6.07, 6.45) is 3.67. The smallest absolute Gasteiger partial charge is 0.229 e. The Kier molecular flexibility index (Phi) is 8.16. The highest BCUT2D eigenvalue weighted by molar-refractivity contribution is 7.27. The maximum Gasteiger partial charge on any atom is 0.229 e. The molecule has 0 saturated carbocycles. The van der Waals surface area contributed by atoms with Crippen LogP contribution in [0.2, 0.25) is 0 Å². The van der Waals surface area contributed by atoms with Crippen LogP contribution in [-0.4, -0.2) is 17.0 Å². The maximum absolute atomic E-state index is 4.79. The molecule has 0 aliphatic heterocycles. The third kappa shape index (κ3) is 5.90. The lowest BCUT2D eigenvalue weighted by molar-refractivity contribution is 0.840. The van der Waals surface area contributed by atoms with Gasteiger partial charge in [0.25, 0.3) is 0 Å². The molecule has 5 heteroatoms. The summed E-state index contributed by atoms with van der Waals surface area (Å²) < 4.78 is 0. The van der Waals surface area contributed by atoms with Gasteiger partial charge in [0.05, 0.1) is 0 Å². The number of hydrogen-bond acceptors (Lipinski definition) is 4. The van der Waals surface area contributed by atoms with Gasteiger partial charge in [-0.1, -0.05) is 50.3 Å². The van der Waals surface area contributed by atoms with Gasteiger partial charge >= 0.3 is 0 Å². The zero-order chi connectivity index (χ0) is 20.5. The molecule has 0 fully saturated rings. The number of allylic oxidation sites excluding steroid dienone is 1. The normalized spacial score (nSPS) is 10.1. The highest BCUT2D eigenvalue weighted by atomic mass is 31.0. The Labute approximate surface area is 170 Å². The SMILES string of the molecule is C=CC.CC(C)c1cnc(Nc2cccc(P)c2)nc1N(C)c1ccccc1. The minimum absolute atomic E-state index is 0.339. The lowest BCUT2D eigenvalue weighted by Gasteiger charge is -2.23. The lowest BCUT2D eigenvalue weighted by atomic mass is 10.1. The van der Waals surface area contributed by atoms with E-state index in [0.717, 1.165) is 28.1 Å². The Morgan fingerprint density at radius 2 is 1.79 bits per heavy atom. The Hall–Kier alpha value is -2.71. The molecule has 0 radical (unpaired) electrons. The van der Waals surface area contributed by atoms with Crippen LogP contribution in [0.25, 0.3) is 0 Å². The predicted octanol–water partition coefficient (Wildman–Crippen LogP) is 5.80. The number of aromatic nitrogens is 2. The van der Waals surface area contributed by atoms with Crippen LogP contribution >= 0.6 is 9.24 Å². The molecular weight excluding hydrogens is 363 g/mol. The van der Waals surface area contributed by atoms with Crippen molar-refractivity contribution < 1.29 is 0 Å².